The molecule has 1 fully saturated rings. The number of carbonyl (C=O) groups is 2. The number of ether oxygens (including phenoxy) is 1. The third-order valence-corrected chi connectivity index (χ3v) is 6.05. The molecular weight excluding hydrogens is 471 g/mol. The first-order chi connectivity index (χ1) is 15.5. The van der Waals surface area contributed by atoms with E-state index in [1.165, 1.54) is 0 Å². The van der Waals surface area contributed by atoms with Gasteiger partial charge in [-0.3, -0.25) is 4.79 Å². The molecule has 1 amide bonds. The van der Waals surface area contributed by atoms with E-state index in [1.807, 2.05) is 12.2 Å². The van der Waals surface area contributed by atoms with Crippen LogP contribution in [0.15, 0.2) is 12.3 Å². The van der Waals surface area contributed by atoms with E-state index in [4.69, 9.17) is 4.74 Å². The van der Waals surface area contributed by atoms with Crippen LogP contribution in [-0.2, 0) is 4.74 Å². The van der Waals surface area contributed by atoms with Gasteiger partial charge in [0.1, 0.15) is 18.1 Å². The van der Waals surface area contributed by atoms with Crippen molar-refractivity contribution in [3.63, 3.8) is 0 Å². The van der Waals surface area contributed by atoms with Crippen molar-refractivity contribution >= 4 is 29.0 Å². The molecule has 7 nitrogen and oxygen atoms in total. The van der Waals surface area contributed by atoms with E-state index in [0.717, 1.165) is 25.1 Å². The number of nitrogens with one attached hydrogen (secondary N) is 1. The van der Waals surface area contributed by atoms with Gasteiger partial charge in [-0.2, -0.15) is 13.2 Å². The average molecular weight is 492 g/mol. The number of aromatic nitrogens is 2. The second-order valence-electron chi connectivity index (χ2n) is 7.33. The van der Waals surface area contributed by atoms with Crippen LogP contribution in [0, 0.1) is 0 Å². The summed E-state index contributed by atoms with van der Waals surface area (Å²) in [5.74, 6) is -1.74. The van der Waals surface area contributed by atoms with Gasteiger partial charge >= 0.3 is 12.1 Å². The van der Waals surface area contributed by atoms with Gasteiger partial charge in [-0.15, -0.1) is 11.3 Å². The Balaban J connectivity index is 2.07. The molecule has 0 aliphatic carbocycles. The Morgan fingerprint density at radius 3 is 2.67 bits per heavy atom. The molecule has 1 aliphatic heterocycles. The monoisotopic (exact) mass is 492 g/mol. The molecule has 0 saturated carbocycles. The first kappa shape index (κ1) is 24.8. The Morgan fingerprint density at radius 2 is 2.09 bits per heavy atom. The normalized spacial score (nSPS) is 16.4. The molecule has 1 saturated heterocycles. The first-order valence-electron chi connectivity index (χ1n) is 10.1. The summed E-state index contributed by atoms with van der Waals surface area (Å²) in [4.78, 5) is 34.8. The van der Waals surface area contributed by atoms with Crippen LogP contribution in [0.1, 0.15) is 59.0 Å². The van der Waals surface area contributed by atoms with Crippen molar-refractivity contribution < 1.29 is 36.3 Å². The molecule has 1 unspecified atom stereocenters. The predicted molar refractivity (Wildman–Crippen MR) is 111 cm³/mol. The predicted octanol–water partition coefficient (Wildman–Crippen LogP) is 4.92. The fourth-order valence-corrected chi connectivity index (χ4v) is 4.41. The van der Waals surface area contributed by atoms with E-state index in [1.54, 1.807) is 11.8 Å². The number of rotatable bonds is 7. The third kappa shape index (κ3) is 5.75. The minimum Gasteiger partial charge on any atom is -0.461 e. The largest absolute Gasteiger partial charge is 0.461 e. The molecule has 1 N–H and O–H groups in total. The Kier molecular flexibility index (Phi) is 7.50. The Morgan fingerprint density at radius 1 is 1.36 bits per heavy atom. The van der Waals surface area contributed by atoms with Gasteiger partial charge in [-0.05, 0) is 32.8 Å². The summed E-state index contributed by atoms with van der Waals surface area (Å²) in [7, 11) is 0. The van der Waals surface area contributed by atoms with E-state index in [-0.39, 0.29) is 33.8 Å². The molecule has 3 heterocycles. The molecule has 0 aromatic carbocycles. The number of likely N-dealkylation sites (tertiary alicyclic amines) is 1. The van der Waals surface area contributed by atoms with Crippen LogP contribution in [0.25, 0.3) is 10.4 Å². The van der Waals surface area contributed by atoms with Crippen molar-refractivity contribution in [3.8, 4) is 10.4 Å². The SMILES string of the molecule is CCOC(=O)c1nc(C(=O)N2CCCC2C)c(-c2cnc(NCC(F)(F)F)cc2C(F)F)s1. The van der Waals surface area contributed by atoms with E-state index < -0.39 is 42.4 Å². The number of amides is 1. The van der Waals surface area contributed by atoms with Crippen molar-refractivity contribution in [1.29, 1.82) is 0 Å². The standard InChI is InChI=1S/C20H21F5N4O3S/c1-3-32-19(31)17-28-14(18(30)29-6-4-5-10(29)2)15(33-17)12-8-26-13(7-11(12)16(21)22)27-9-20(23,24)25/h7-8,10,16H,3-6,9H2,1-2H3,(H,26,27). The molecule has 0 spiro atoms. The van der Waals surface area contributed by atoms with Crippen LogP contribution in [0.2, 0.25) is 0 Å². The summed E-state index contributed by atoms with van der Waals surface area (Å²) in [5, 5.41) is 1.76. The highest BCUT2D eigenvalue weighted by Crippen LogP contribution is 2.39. The Labute approximate surface area is 190 Å². The highest BCUT2D eigenvalue weighted by Gasteiger charge is 2.33. The fourth-order valence-electron chi connectivity index (χ4n) is 3.43. The number of hydrogen-bond acceptors (Lipinski definition) is 7. The van der Waals surface area contributed by atoms with Gasteiger partial charge in [0.05, 0.1) is 11.5 Å². The average Bonchev–Trinajstić information content (AvgIpc) is 3.38. The molecule has 13 heteroatoms. The highest BCUT2D eigenvalue weighted by molar-refractivity contribution is 7.17. The Bertz CT molecular complexity index is 1030. The first-order valence-corrected chi connectivity index (χ1v) is 10.9. The van der Waals surface area contributed by atoms with Crippen molar-refractivity contribution in [2.75, 3.05) is 25.0 Å². The van der Waals surface area contributed by atoms with Crippen molar-refractivity contribution in [1.82, 2.24) is 14.9 Å². The van der Waals surface area contributed by atoms with Gasteiger partial charge in [0, 0.05) is 29.9 Å². The van der Waals surface area contributed by atoms with Gasteiger partial charge < -0.3 is 15.0 Å². The second-order valence-corrected chi connectivity index (χ2v) is 8.33. The highest BCUT2D eigenvalue weighted by atomic mass is 32.1. The Hall–Kier alpha value is -2.83. The number of alkyl halides is 5. The van der Waals surface area contributed by atoms with Crippen LogP contribution in [-0.4, -0.2) is 58.7 Å². The lowest BCUT2D eigenvalue weighted by Gasteiger charge is -2.21. The molecule has 0 radical (unpaired) electrons. The van der Waals surface area contributed by atoms with Crippen molar-refractivity contribution in [2.24, 2.45) is 0 Å². The molecule has 2 aromatic heterocycles. The smallest absolute Gasteiger partial charge is 0.405 e. The molecule has 180 valence electrons. The molecule has 1 aliphatic rings. The van der Waals surface area contributed by atoms with E-state index in [0.29, 0.717) is 17.9 Å². The van der Waals surface area contributed by atoms with E-state index in [9.17, 15) is 31.5 Å². The van der Waals surface area contributed by atoms with Crippen molar-refractivity contribution in [2.45, 2.75) is 45.3 Å². The zero-order chi connectivity index (χ0) is 24.3. The van der Waals surface area contributed by atoms with Crippen molar-refractivity contribution in [3.05, 3.63) is 28.5 Å². The third-order valence-electron chi connectivity index (χ3n) is 4.98. The lowest BCUT2D eigenvalue weighted by atomic mass is 10.1. The van der Waals surface area contributed by atoms with Crippen LogP contribution in [0.3, 0.4) is 0 Å². The van der Waals surface area contributed by atoms with Gasteiger partial charge in [-0.1, -0.05) is 0 Å². The second kappa shape index (κ2) is 9.98. The number of halogens is 5. The summed E-state index contributed by atoms with van der Waals surface area (Å²) in [6.07, 6.45) is -5.17. The number of pyridine rings is 1. The van der Waals surface area contributed by atoms with Gasteiger partial charge in [0.15, 0.2) is 0 Å². The molecule has 1 atom stereocenters. The van der Waals surface area contributed by atoms with Gasteiger partial charge in [0.2, 0.25) is 5.01 Å². The number of esters is 1. The van der Waals surface area contributed by atoms with Crippen LogP contribution < -0.4 is 5.32 Å². The molecule has 2 aromatic rings. The topological polar surface area (TPSA) is 84.4 Å². The quantitative estimate of drug-likeness (QED) is 0.437. The zero-order valence-corrected chi connectivity index (χ0v) is 18.5. The van der Waals surface area contributed by atoms with E-state index in [2.05, 4.69) is 9.97 Å². The lowest BCUT2D eigenvalue weighted by Crippen LogP contribution is -2.34. The zero-order valence-electron chi connectivity index (χ0n) is 17.7. The van der Waals surface area contributed by atoms with Gasteiger partial charge in [-0.25, -0.2) is 23.5 Å². The summed E-state index contributed by atoms with van der Waals surface area (Å²) in [5.41, 5.74) is -1.03. The maximum atomic E-state index is 13.9. The number of carbonyl (C=O) groups excluding carboxylic acids is 2. The maximum Gasteiger partial charge on any atom is 0.405 e. The number of anilines is 1. The minimum atomic E-state index is -4.57. The van der Waals surface area contributed by atoms with Crippen LogP contribution in [0.5, 0.6) is 0 Å². The number of hydrogen-bond donors (Lipinski definition) is 1. The maximum absolute atomic E-state index is 13.9. The summed E-state index contributed by atoms with van der Waals surface area (Å²) in [6, 6.07) is 0.696. The lowest BCUT2D eigenvalue weighted by molar-refractivity contribution is -0.115. The molecule has 33 heavy (non-hydrogen) atoms. The van der Waals surface area contributed by atoms with Crippen LogP contribution in [0.4, 0.5) is 27.8 Å². The summed E-state index contributed by atoms with van der Waals surface area (Å²) < 4.78 is 70.1. The number of nitrogens with zero attached hydrogens (tertiary/aromatic N) is 3. The van der Waals surface area contributed by atoms with Gasteiger partial charge in [0.25, 0.3) is 12.3 Å². The number of thiazole rings is 1. The summed E-state index contributed by atoms with van der Waals surface area (Å²) >= 11 is 0.697. The minimum absolute atomic E-state index is 0.0210. The fraction of sp³-hybridized carbons (Fsp3) is 0.500. The molecule has 3 rings (SSSR count). The summed E-state index contributed by atoms with van der Waals surface area (Å²) in [6.45, 7) is 2.47. The molecular formula is C20H21F5N4O3S. The van der Waals surface area contributed by atoms with Crippen LogP contribution >= 0.6 is 11.3 Å². The molecule has 0 bridgehead atoms. The van der Waals surface area contributed by atoms with E-state index >= 15 is 0 Å².